The summed E-state index contributed by atoms with van der Waals surface area (Å²) in [4.78, 5) is 27.3. The van der Waals surface area contributed by atoms with Gasteiger partial charge in [0.15, 0.2) is 0 Å². The largest absolute Gasteiger partial charge is 0.478 e. The first kappa shape index (κ1) is 18.6. The smallest absolute Gasteiger partial charge is 0.335 e. The van der Waals surface area contributed by atoms with Crippen LogP contribution in [0.3, 0.4) is 0 Å². The number of benzene rings is 2. The summed E-state index contributed by atoms with van der Waals surface area (Å²) in [5.74, 6) is -1.03. The molecular weight excluding hydrogens is 362 g/mol. The van der Waals surface area contributed by atoms with Gasteiger partial charge in [-0.15, -0.1) is 0 Å². The number of pyridine rings is 1. The SMILES string of the molecule is Cc1cc(SCC(=O)NN=Cc2ccc(C(=O)O)cc2)nc2ccccc12. The summed E-state index contributed by atoms with van der Waals surface area (Å²) in [6.45, 7) is 2.02. The highest BCUT2D eigenvalue weighted by Gasteiger charge is 2.06. The number of carbonyl (C=O) groups excluding carboxylic acids is 1. The Balaban J connectivity index is 1.54. The van der Waals surface area contributed by atoms with E-state index in [4.69, 9.17) is 5.11 Å². The van der Waals surface area contributed by atoms with Crippen molar-refractivity contribution in [2.75, 3.05) is 5.75 Å². The fourth-order valence-corrected chi connectivity index (χ4v) is 3.22. The molecule has 136 valence electrons. The van der Waals surface area contributed by atoms with Crippen molar-refractivity contribution in [2.24, 2.45) is 5.10 Å². The van der Waals surface area contributed by atoms with Gasteiger partial charge in [0.05, 0.1) is 28.1 Å². The molecule has 0 saturated carbocycles. The van der Waals surface area contributed by atoms with Crippen molar-refractivity contribution >= 4 is 40.8 Å². The fraction of sp³-hybridized carbons (Fsp3) is 0.100. The minimum Gasteiger partial charge on any atom is -0.478 e. The highest BCUT2D eigenvalue weighted by atomic mass is 32.2. The first-order chi connectivity index (χ1) is 13.0. The zero-order valence-corrected chi connectivity index (χ0v) is 15.4. The predicted octanol–water partition coefficient (Wildman–Crippen LogP) is 3.48. The predicted molar refractivity (Wildman–Crippen MR) is 106 cm³/mol. The number of hydrogen-bond acceptors (Lipinski definition) is 5. The zero-order valence-electron chi connectivity index (χ0n) is 14.5. The Morgan fingerprint density at radius 2 is 1.93 bits per heavy atom. The summed E-state index contributed by atoms with van der Waals surface area (Å²) in [7, 11) is 0. The standard InChI is InChI=1S/C20H17N3O3S/c1-13-10-19(22-17-5-3-2-4-16(13)17)27-12-18(24)23-21-11-14-6-8-15(9-7-14)20(25)26/h2-11H,12H2,1H3,(H,23,24)(H,25,26). The van der Waals surface area contributed by atoms with Crippen LogP contribution in [0.4, 0.5) is 0 Å². The number of hydrazone groups is 1. The molecule has 0 unspecified atom stereocenters. The van der Waals surface area contributed by atoms with Gasteiger partial charge in [0.1, 0.15) is 0 Å². The number of nitrogens with one attached hydrogen (secondary N) is 1. The van der Waals surface area contributed by atoms with E-state index in [-0.39, 0.29) is 17.2 Å². The van der Waals surface area contributed by atoms with E-state index in [1.165, 1.54) is 30.1 Å². The first-order valence-corrected chi connectivity index (χ1v) is 9.16. The highest BCUT2D eigenvalue weighted by Crippen LogP contribution is 2.23. The van der Waals surface area contributed by atoms with E-state index < -0.39 is 5.97 Å². The molecule has 3 aromatic rings. The lowest BCUT2D eigenvalue weighted by Gasteiger charge is -2.05. The lowest BCUT2D eigenvalue weighted by Crippen LogP contribution is -2.19. The number of hydrogen-bond donors (Lipinski definition) is 2. The third kappa shape index (κ3) is 4.92. The van der Waals surface area contributed by atoms with Crippen LogP contribution in [-0.2, 0) is 4.79 Å². The number of carboxylic acids is 1. The van der Waals surface area contributed by atoms with Gasteiger partial charge < -0.3 is 5.11 Å². The van der Waals surface area contributed by atoms with Crippen LogP contribution in [-0.4, -0.2) is 33.9 Å². The zero-order chi connectivity index (χ0) is 19.2. The number of rotatable bonds is 6. The average molecular weight is 379 g/mol. The second-order valence-corrected chi connectivity index (χ2v) is 6.80. The van der Waals surface area contributed by atoms with E-state index in [9.17, 15) is 9.59 Å². The number of para-hydroxylation sites is 1. The molecule has 1 heterocycles. The van der Waals surface area contributed by atoms with Gasteiger partial charge in [0.2, 0.25) is 5.91 Å². The maximum absolute atomic E-state index is 11.9. The third-order valence-electron chi connectivity index (χ3n) is 3.81. The van der Waals surface area contributed by atoms with Crippen LogP contribution < -0.4 is 5.43 Å². The van der Waals surface area contributed by atoms with Crippen molar-refractivity contribution in [1.29, 1.82) is 0 Å². The van der Waals surface area contributed by atoms with Crippen molar-refractivity contribution in [1.82, 2.24) is 10.4 Å². The van der Waals surface area contributed by atoms with Gasteiger partial charge in [-0.05, 0) is 42.3 Å². The van der Waals surface area contributed by atoms with Gasteiger partial charge in [-0.25, -0.2) is 15.2 Å². The third-order valence-corrected chi connectivity index (χ3v) is 4.72. The second kappa shape index (κ2) is 8.46. The van der Waals surface area contributed by atoms with Gasteiger partial charge in [-0.1, -0.05) is 42.1 Å². The number of fused-ring (bicyclic) bond motifs is 1. The number of aryl methyl sites for hydroxylation is 1. The van der Waals surface area contributed by atoms with Gasteiger partial charge in [0.25, 0.3) is 0 Å². The van der Waals surface area contributed by atoms with Crippen molar-refractivity contribution < 1.29 is 14.7 Å². The van der Waals surface area contributed by atoms with E-state index in [1.807, 2.05) is 37.3 Å². The number of aromatic carboxylic acids is 1. The van der Waals surface area contributed by atoms with Crippen LogP contribution in [0.2, 0.25) is 0 Å². The number of carboxylic acid groups (broad SMARTS) is 1. The molecule has 6 nitrogen and oxygen atoms in total. The number of nitrogens with zero attached hydrogens (tertiary/aromatic N) is 2. The van der Waals surface area contributed by atoms with Gasteiger partial charge >= 0.3 is 5.97 Å². The first-order valence-electron chi connectivity index (χ1n) is 8.17. The number of carbonyl (C=O) groups is 2. The summed E-state index contributed by atoms with van der Waals surface area (Å²) >= 11 is 1.35. The summed E-state index contributed by atoms with van der Waals surface area (Å²) in [5.41, 5.74) is 5.37. The molecule has 7 heteroatoms. The maximum Gasteiger partial charge on any atom is 0.335 e. The normalized spacial score (nSPS) is 11.0. The molecule has 0 fully saturated rings. The molecule has 0 bridgehead atoms. The number of aromatic nitrogens is 1. The summed E-state index contributed by atoms with van der Waals surface area (Å²) in [5, 5.41) is 14.6. The maximum atomic E-state index is 11.9. The molecule has 2 N–H and O–H groups in total. The Labute approximate surface area is 160 Å². The Bertz CT molecular complexity index is 1020. The Hall–Kier alpha value is -3.19. The van der Waals surface area contributed by atoms with Gasteiger partial charge in [-0.2, -0.15) is 5.10 Å². The minimum atomic E-state index is -0.985. The monoisotopic (exact) mass is 379 g/mol. The van der Waals surface area contributed by atoms with Crippen molar-refractivity contribution in [3.05, 3.63) is 71.3 Å². The summed E-state index contributed by atoms with van der Waals surface area (Å²) in [6, 6.07) is 16.1. The second-order valence-electron chi connectivity index (χ2n) is 5.80. The molecular formula is C20H17N3O3S. The summed E-state index contributed by atoms with van der Waals surface area (Å²) < 4.78 is 0. The van der Waals surface area contributed by atoms with E-state index in [0.29, 0.717) is 5.56 Å². The Morgan fingerprint density at radius 1 is 1.19 bits per heavy atom. The molecule has 0 saturated heterocycles. The Kier molecular flexibility index (Phi) is 5.83. The molecule has 0 radical (unpaired) electrons. The van der Waals surface area contributed by atoms with Crippen LogP contribution >= 0.6 is 11.8 Å². The minimum absolute atomic E-state index is 0.195. The Morgan fingerprint density at radius 3 is 2.67 bits per heavy atom. The van der Waals surface area contributed by atoms with Crippen molar-refractivity contribution in [3.63, 3.8) is 0 Å². The van der Waals surface area contributed by atoms with Crippen LogP contribution in [0, 0.1) is 6.92 Å². The van der Waals surface area contributed by atoms with Gasteiger partial charge in [0, 0.05) is 5.39 Å². The van der Waals surface area contributed by atoms with Crippen LogP contribution in [0.5, 0.6) is 0 Å². The van der Waals surface area contributed by atoms with E-state index >= 15 is 0 Å². The van der Waals surface area contributed by atoms with Crippen LogP contribution in [0.1, 0.15) is 21.5 Å². The number of amides is 1. The van der Waals surface area contributed by atoms with Crippen molar-refractivity contribution in [2.45, 2.75) is 11.9 Å². The van der Waals surface area contributed by atoms with Crippen LogP contribution in [0.25, 0.3) is 10.9 Å². The average Bonchev–Trinajstić information content (AvgIpc) is 2.67. The van der Waals surface area contributed by atoms with E-state index in [1.54, 1.807) is 12.1 Å². The van der Waals surface area contributed by atoms with Crippen molar-refractivity contribution in [3.8, 4) is 0 Å². The van der Waals surface area contributed by atoms with Gasteiger partial charge in [-0.3, -0.25) is 4.79 Å². The molecule has 0 aliphatic carbocycles. The lowest BCUT2D eigenvalue weighted by atomic mass is 10.1. The van der Waals surface area contributed by atoms with Crippen LogP contribution in [0.15, 0.2) is 64.7 Å². The topological polar surface area (TPSA) is 91.7 Å². The molecule has 1 amide bonds. The van der Waals surface area contributed by atoms with E-state index in [0.717, 1.165) is 21.5 Å². The molecule has 1 aromatic heterocycles. The molecule has 0 aliphatic rings. The highest BCUT2D eigenvalue weighted by molar-refractivity contribution is 7.99. The molecule has 0 spiro atoms. The molecule has 27 heavy (non-hydrogen) atoms. The molecule has 0 atom stereocenters. The fourth-order valence-electron chi connectivity index (χ4n) is 2.45. The quantitative estimate of drug-likeness (QED) is 0.389. The molecule has 0 aliphatic heterocycles. The summed E-state index contributed by atoms with van der Waals surface area (Å²) in [6.07, 6.45) is 1.46. The molecule has 2 aromatic carbocycles. The lowest BCUT2D eigenvalue weighted by molar-refractivity contribution is -0.118. The van der Waals surface area contributed by atoms with E-state index in [2.05, 4.69) is 15.5 Å². The number of thioether (sulfide) groups is 1. The molecule has 3 rings (SSSR count).